The minimum atomic E-state index is -4.45. The van der Waals surface area contributed by atoms with Crippen LogP contribution in [0.1, 0.15) is 49.7 Å². The van der Waals surface area contributed by atoms with E-state index < -0.39 is 42.2 Å². The molecule has 0 aliphatic rings. The first-order valence-corrected chi connectivity index (χ1v) is 11.3. The number of rotatable bonds is 10. The molecule has 1 N–H and O–H groups in total. The van der Waals surface area contributed by atoms with Crippen LogP contribution in [0.3, 0.4) is 0 Å². The molecule has 0 aliphatic carbocycles. The zero-order valence-corrected chi connectivity index (χ0v) is 20.4. The van der Waals surface area contributed by atoms with Gasteiger partial charge in [-0.25, -0.2) is 8.78 Å². The van der Waals surface area contributed by atoms with E-state index in [1.54, 1.807) is 0 Å². The molecule has 2 aromatic carbocycles. The van der Waals surface area contributed by atoms with E-state index in [1.165, 1.54) is 42.5 Å². The second-order valence-electron chi connectivity index (χ2n) is 8.36. The molecule has 1 unspecified atom stereocenters. The number of esters is 1. The van der Waals surface area contributed by atoms with Crippen molar-refractivity contribution in [3.63, 3.8) is 0 Å². The van der Waals surface area contributed by atoms with Gasteiger partial charge in [-0.05, 0) is 42.3 Å². The van der Waals surface area contributed by atoms with Crippen LogP contribution >= 0.6 is 23.2 Å². The van der Waals surface area contributed by atoms with E-state index in [0.717, 1.165) is 21.0 Å². The van der Waals surface area contributed by atoms with Crippen molar-refractivity contribution < 1.29 is 31.5 Å². The Kier molecular flexibility index (Phi) is 9.60. The molecule has 10 heteroatoms. The number of nitrogens with one attached hydrogen (secondary N) is 1. The summed E-state index contributed by atoms with van der Waals surface area (Å²) in [6, 6.07) is 10.6. The number of alkyl halides is 5. The van der Waals surface area contributed by atoms with Gasteiger partial charge in [0.2, 0.25) is 5.92 Å². The van der Waals surface area contributed by atoms with Crippen LogP contribution in [-0.4, -0.2) is 31.7 Å². The number of hydrogen-bond acceptors (Lipinski definition) is 3. The summed E-state index contributed by atoms with van der Waals surface area (Å²) in [6.45, 7) is 1.72. The predicted octanol–water partition coefficient (Wildman–Crippen LogP) is 8.08. The Bertz CT molecular complexity index is 961. The molecular formula is C24H26Cl2F5NO2. The summed E-state index contributed by atoms with van der Waals surface area (Å²) < 4.78 is 72.8. The van der Waals surface area contributed by atoms with Crippen molar-refractivity contribution in [1.82, 2.24) is 0 Å². The molecule has 0 saturated heterocycles. The Morgan fingerprint density at radius 1 is 1.03 bits per heavy atom. The minimum Gasteiger partial charge on any atom is -0.469 e. The smallest absolute Gasteiger partial charge is 0.392 e. The topological polar surface area (TPSA) is 38.3 Å². The van der Waals surface area contributed by atoms with Crippen LogP contribution in [0.5, 0.6) is 0 Å². The number of benzene rings is 2. The zero-order valence-electron chi connectivity index (χ0n) is 18.9. The Morgan fingerprint density at radius 3 is 2.15 bits per heavy atom. The van der Waals surface area contributed by atoms with E-state index in [2.05, 4.69) is 10.1 Å². The van der Waals surface area contributed by atoms with Gasteiger partial charge in [0.05, 0.1) is 30.2 Å². The van der Waals surface area contributed by atoms with E-state index in [9.17, 15) is 26.7 Å². The van der Waals surface area contributed by atoms with Crippen molar-refractivity contribution in [2.75, 3.05) is 19.0 Å². The van der Waals surface area contributed by atoms with E-state index in [0.29, 0.717) is 16.1 Å². The molecule has 34 heavy (non-hydrogen) atoms. The zero-order chi connectivity index (χ0) is 25.7. The van der Waals surface area contributed by atoms with E-state index in [-0.39, 0.29) is 23.7 Å². The Hall–Kier alpha value is -2.06. The van der Waals surface area contributed by atoms with E-state index in [4.69, 9.17) is 23.2 Å². The molecular weight excluding hydrogens is 500 g/mol. The van der Waals surface area contributed by atoms with Crippen molar-refractivity contribution in [3.8, 4) is 0 Å². The molecule has 0 heterocycles. The van der Waals surface area contributed by atoms with E-state index >= 15 is 0 Å². The quantitative estimate of drug-likeness (QED) is 0.251. The second kappa shape index (κ2) is 11.6. The molecule has 0 bridgehead atoms. The molecule has 3 nitrogen and oxygen atoms in total. The van der Waals surface area contributed by atoms with Crippen LogP contribution in [0.25, 0.3) is 0 Å². The SMILES string of the molecule is COC(=O)CC(CC(C)(F)F)c1ccc(Cl)c(NC[C@H](c2ccc(Cl)cc2)[C@@H](C)C(F)(F)F)c1. The average molecular weight is 526 g/mol. The van der Waals surface area contributed by atoms with Gasteiger partial charge >= 0.3 is 12.1 Å². The van der Waals surface area contributed by atoms with Gasteiger partial charge in [0.1, 0.15) is 0 Å². The first-order valence-electron chi connectivity index (χ1n) is 10.5. The Morgan fingerprint density at radius 2 is 1.62 bits per heavy atom. The summed E-state index contributed by atoms with van der Waals surface area (Å²) in [6.07, 6.45) is -5.34. The highest BCUT2D eigenvalue weighted by atomic mass is 35.5. The first kappa shape index (κ1) is 28.2. The fourth-order valence-electron chi connectivity index (χ4n) is 3.70. The van der Waals surface area contributed by atoms with Gasteiger partial charge in [0, 0.05) is 29.8 Å². The van der Waals surface area contributed by atoms with Crippen LogP contribution in [0.15, 0.2) is 42.5 Å². The molecule has 0 aromatic heterocycles. The van der Waals surface area contributed by atoms with Gasteiger partial charge in [-0.2, -0.15) is 13.2 Å². The molecule has 188 valence electrons. The third-order valence-electron chi connectivity index (χ3n) is 5.64. The summed E-state index contributed by atoms with van der Waals surface area (Å²) in [7, 11) is 1.16. The van der Waals surface area contributed by atoms with Gasteiger partial charge in [-0.15, -0.1) is 0 Å². The number of halogens is 7. The maximum atomic E-state index is 13.8. The van der Waals surface area contributed by atoms with Crippen LogP contribution < -0.4 is 5.32 Å². The minimum absolute atomic E-state index is 0.128. The molecule has 0 radical (unpaired) electrons. The lowest BCUT2D eigenvalue weighted by molar-refractivity contribution is -0.174. The Balaban J connectivity index is 2.34. The summed E-state index contributed by atoms with van der Waals surface area (Å²) in [4.78, 5) is 11.8. The maximum Gasteiger partial charge on any atom is 0.392 e. The van der Waals surface area contributed by atoms with Crippen LogP contribution in [0.2, 0.25) is 10.0 Å². The van der Waals surface area contributed by atoms with Crippen molar-refractivity contribution >= 4 is 34.9 Å². The molecule has 2 aromatic rings. The van der Waals surface area contributed by atoms with Gasteiger partial charge in [-0.1, -0.05) is 48.3 Å². The lowest BCUT2D eigenvalue weighted by atomic mass is 9.86. The monoisotopic (exact) mass is 525 g/mol. The van der Waals surface area contributed by atoms with Crippen molar-refractivity contribution in [1.29, 1.82) is 0 Å². The third-order valence-corrected chi connectivity index (χ3v) is 6.22. The normalized spacial score (nSPS) is 14.9. The Labute approximate surface area is 205 Å². The molecule has 0 fully saturated rings. The number of carbonyl (C=O) groups excluding carboxylic acids is 1. The van der Waals surface area contributed by atoms with Gasteiger partial charge in [-0.3, -0.25) is 4.79 Å². The molecule has 0 amide bonds. The predicted molar refractivity (Wildman–Crippen MR) is 124 cm³/mol. The third kappa shape index (κ3) is 8.31. The average Bonchev–Trinajstić information content (AvgIpc) is 2.73. The number of ether oxygens (including phenoxy) is 1. The fraction of sp³-hybridized carbons (Fsp3) is 0.458. The number of carbonyl (C=O) groups is 1. The summed E-state index contributed by atoms with van der Waals surface area (Å²) in [5.74, 6) is -7.22. The number of hydrogen-bond donors (Lipinski definition) is 1. The van der Waals surface area contributed by atoms with E-state index in [1.807, 2.05) is 0 Å². The molecule has 0 saturated carbocycles. The van der Waals surface area contributed by atoms with Crippen molar-refractivity contribution in [2.45, 2.75) is 50.6 Å². The maximum absolute atomic E-state index is 13.8. The number of anilines is 1. The van der Waals surface area contributed by atoms with Crippen LogP contribution in [0, 0.1) is 5.92 Å². The highest BCUT2D eigenvalue weighted by Gasteiger charge is 2.41. The van der Waals surface area contributed by atoms with Crippen molar-refractivity contribution in [2.24, 2.45) is 5.92 Å². The second-order valence-corrected chi connectivity index (χ2v) is 9.20. The van der Waals surface area contributed by atoms with Gasteiger partial charge in [0.25, 0.3) is 0 Å². The summed E-state index contributed by atoms with van der Waals surface area (Å²) in [5, 5.41) is 3.54. The molecule has 0 spiro atoms. The highest BCUT2D eigenvalue weighted by Crippen LogP contribution is 2.39. The van der Waals surface area contributed by atoms with Crippen LogP contribution in [0.4, 0.5) is 27.6 Å². The van der Waals surface area contributed by atoms with Gasteiger partial charge < -0.3 is 10.1 Å². The first-order chi connectivity index (χ1) is 15.7. The highest BCUT2D eigenvalue weighted by molar-refractivity contribution is 6.33. The standard InChI is InChI=1S/C24H26Cl2F5NO2/c1-14(24(29,30)31)19(15-4-7-18(25)8-5-15)13-32-21-10-16(6-9-20(21)26)17(11-22(33)34-3)12-23(2,27)28/h4-10,14,17,19,32H,11-13H2,1-3H3/t14-,17?,19+/m1/s1. The van der Waals surface area contributed by atoms with Gasteiger partial charge in [0.15, 0.2) is 0 Å². The lowest BCUT2D eigenvalue weighted by Gasteiger charge is -2.28. The van der Waals surface area contributed by atoms with Crippen molar-refractivity contribution in [3.05, 3.63) is 63.6 Å². The molecule has 0 aliphatic heterocycles. The fourth-order valence-corrected chi connectivity index (χ4v) is 4.01. The number of methoxy groups -OCH3 is 1. The largest absolute Gasteiger partial charge is 0.469 e. The lowest BCUT2D eigenvalue weighted by Crippen LogP contribution is -2.30. The van der Waals surface area contributed by atoms with Crippen LogP contribution in [-0.2, 0) is 9.53 Å². The summed E-state index contributed by atoms with van der Waals surface area (Å²) in [5.41, 5.74) is 1.11. The summed E-state index contributed by atoms with van der Waals surface area (Å²) >= 11 is 12.1. The molecule has 3 atom stereocenters. The molecule has 2 rings (SSSR count).